The number of benzene rings is 1. The Kier molecular flexibility index (Phi) is 2.78. The first-order valence-corrected chi connectivity index (χ1v) is 6.58. The highest BCUT2D eigenvalue weighted by Crippen LogP contribution is 2.43. The van der Waals surface area contributed by atoms with Gasteiger partial charge in [0.15, 0.2) is 5.78 Å². The summed E-state index contributed by atoms with van der Waals surface area (Å²) in [5, 5.41) is 20.7. The summed E-state index contributed by atoms with van der Waals surface area (Å²) in [4.78, 5) is 12.5. The van der Waals surface area contributed by atoms with E-state index in [1.54, 1.807) is 24.3 Å². The van der Waals surface area contributed by atoms with E-state index in [-0.39, 0.29) is 5.78 Å². The second-order valence-electron chi connectivity index (χ2n) is 6.04. The molecular formula is C15H18O4. The Morgan fingerprint density at radius 1 is 1.26 bits per heavy atom. The van der Waals surface area contributed by atoms with Crippen LogP contribution in [0.2, 0.25) is 0 Å². The van der Waals surface area contributed by atoms with Gasteiger partial charge in [-0.25, -0.2) is 0 Å². The minimum atomic E-state index is -0.867. The van der Waals surface area contributed by atoms with Crippen molar-refractivity contribution < 1.29 is 19.7 Å². The van der Waals surface area contributed by atoms with Gasteiger partial charge in [0, 0.05) is 12.0 Å². The third-order valence-corrected chi connectivity index (χ3v) is 4.08. The number of hydrogen-bond acceptors (Lipinski definition) is 4. The molecule has 102 valence electrons. The van der Waals surface area contributed by atoms with Gasteiger partial charge in [0.2, 0.25) is 0 Å². The fraction of sp³-hybridized carbons (Fsp3) is 0.533. The molecule has 0 bridgehead atoms. The molecule has 0 spiro atoms. The van der Waals surface area contributed by atoms with Crippen LogP contribution in [-0.4, -0.2) is 33.8 Å². The molecule has 4 heteroatoms. The van der Waals surface area contributed by atoms with Crippen LogP contribution in [0.4, 0.5) is 0 Å². The smallest absolute Gasteiger partial charge is 0.171 e. The van der Waals surface area contributed by atoms with Gasteiger partial charge in [-0.1, -0.05) is 24.3 Å². The van der Waals surface area contributed by atoms with Gasteiger partial charge in [-0.2, -0.15) is 0 Å². The van der Waals surface area contributed by atoms with Crippen molar-refractivity contribution in [1.82, 2.24) is 0 Å². The number of carbonyl (C=O) groups excluding carboxylic acids is 1. The summed E-state index contributed by atoms with van der Waals surface area (Å²) in [5.41, 5.74) is 0.561. The van der Waals surface area contributed by atoms with Crippen LogP contribution in [-0.2, 0) is 4.74 Å². The average Bonchev–Trinajstić information content (AvgIpc) is 2.34. The first-order chi connectivity index (χ1) is 8.91. The van der Waals surface area contributed by atoms with Crippen molar-refractivity contribution in [3.8, 4) is 0 Å². The van der Waals surface area contributed by atoms with Crippen LogP contribution in [0.15, 0.2) is 24.3 Å². The fourth-order valence-corrected chi connectivity index (χ4v) is 3.26. The van der Waals surface area contributed by atoms with Gasteiger partial charge < -0.3 is 14.9 Å². The van der Waals surface area contributed by atoms with Crippen LogP contribution in [0.5, 0.6) is 0 Å². The number of rotatable bonds is 0. The van der Waals surface area contributed by atoms with Crippen molar-refractivity contribution in [2.75, 3.05) is 0 Å². The topological polar surface area (TPSA) is 66.8 Å². The predicted molar refractivity (Wildman–Crippen MR) is 68.8 cm³/mol. The molecule has 1 aromatic carbocycles. The lowest BCUT2D eigenvalue weighted by Crippen LogP contribution is -2.55. The molecule has 0 amide bonds. The molecule has 4 nitrogen and oxygen atoms in total. The molecule has 2 aliphatic rings. The normalized spacial score (nSPS) is 36.5. The highest BCUT2D eigenvalue weighted by Gasteiger charge is 2.51. The highest BCUT2D eigenvalue weighted by molar-refractivity contribution is 6.01. The summed E-state index contributed by atoms with van der Waals surface area (Å²) >= 11 is 0. The van der Waals surface area contributed by atoms with E-state index in [0.29, 0.717) is 17.5 Å². The van der Waals surface area contributed by atoms with Gasteiger partial charge in [-0.15, -0.1) is 0 Å². The van der Waals surface area contributed by atoms with E-state index < -0.39 is 29.8 Å². The number of fused-ring (bicyclic) bond motifs is 2. The average molecular weight is 262 g/mol. The lowest BCUT2D eigenvalue weighted by molar-refractivity contribution is -0.200. The molecule has 1 aliphatic carbocycles. The Morgan fingerprint density at radius 3 is 2.68 bits per heavy atom. The zero-order valence-electron chi connectivity index (χ0n) is 11.0. The van der Waals surface area contributed by atoms with Crippen LogP contribution in [0.1, 0.15) is 42.3 Å². The third-order valence-electron chi connectivity index (χ3n) is 4.08. The maximum Gasteiger partial charge on any atom is 0.171 e. The number of Topliss-reactive ketones (excluding diaryl/α,β-unsaturated/α-hetero) is 1. The zero-order valence-corrected chi connectivity index (χ0v) is 11.0. The molecule has 4 atom stereocenters. The van der Waals surface area contributed by atoms with Gasteiger partial charge in [0.1, 0.15) is 12.2 Å². The first-order valence-electron chi connectivity index (χ1n) is 6.58. The quantitative estimate of drug-likeness (QED) is 0.743. The van der Waals surface area contributed by atoms with Gasteiger partial charge in [0.25, 0.3) is 0 Å². The van der Waals surface area contributed by atoms with Crippen molar-refractivity contribution in [2.24, 2.45) is 5.92 Å². The minimum absolute atomic E-state index is 0.131. The highest BCUT2D eigenvalue weighted by atomic mass is 16.5. The van der Waals surface area contributed by atoms with Crippen molar-refractivity contribution >= 4 is 5.78 Å². The standard InChI is InChI=1S/C15H18O4/c1-15(2)7-10(16)11-12(17)8-5-3-4-6-9(8)13(18)14(11)19-15/h3-6,10-11,13-14,16,18H,7H2,1-2H3/t10-,11-,13+,14+/m0/s1. The van der Waals surface area contributed by atoms with Crippen molar-refractivity contribution in [2.45, 2.75) is 44.2 Å². The molecular weight excluding hydrogens is 244 g/mol. The van der Waals surface area contributed by atoms with E-state index >= 15 is 0 Å². The third kappa shape index (κ3) is 1.91. The summed E-state index contributed by atoms with van der Waals surface area (Å²) in [5.74, 6) is -0.799. The summed E-state index contributed by atoms with van der Waals surface area (Å²) in [6.07, 6.45) is -1.91. The SMILES string of the molecule is CC1(C)C[C@H](O)[C@H]2C(=O)c3ccccc3[C@@H](O)[C@@H]2O1. The Labute approximate surface area is 112 Å². The molecule has 2 N–H and O–H groups in total. The lowest BCUT2D eigenvalue weighted by atomic mass is 9.72. The van der Waals surface area contributed by atoms with E-state index in [4.69, 9.17) is 4.74 Å². The number of aliphatic hydroxyl groups excluding tert-OH is 2. The summed E-state index contributed by atoms with van der Waals surface area (Å²) in [6, 6.07) is 7.00. The van der Waals surface area contributed by atoms with Gasteiger partial charge in [0.05, 0.1) is 17.6 Å². The molecule has 1 aliphatic heterocycles. The van der Waals surface area contributed by atoms with E-state index in [1.165, 1.54) is 0 Å². The minimum Gasteiger partial charge on any atom is -0.392 e. The van der Waals surface area contributed by atoms with Gasteiger partial charge in [-0.05, 0) is 19.4 Å². The second kappa shape index (κ2) is 4.13. The van der Waals surface area contributed by atoms with Crippen LogP contribution in [0.3, 0.4) is 0 Å². The molecule has 0 unspecified atom stereocenters. The van der Waals surface area contributed by atoms with E-state index in [9.17, 15) is 15.0 Å². The fourth-order valence-electron chi connectivity index (χ4n) is 3.26. The van der Waals surface area contributed by atoms with Crippen LogP contribution in [0.25, 0.3) is 0 Å². The van der Waals surface area contributed by atoms with E-state index in [2.05, 4.69) is 0 Å². The molecule has 1 aromatic rings. The van der Waals surface area contributed by atoms with Crippen molar-refractivity contribution in [1.29, 1.82) is 0 Å². The molecule has 1 fully saturated rings. The summed E-state index contributed by atoms with van der Waals surface area (Å²) in [6.45, 7) is 3.73. The second-order valence-corrected chi connectivity index (χ2v) is 6.04. The first kappa shape index (κ1) is 12.8. The summed E-state index contributed by atoms with van der Waals surface area (Å²) < 4.78 is 5.86. The number of aliphatic hydroxyl groups is 2. The number of hydrogen-bond donors (Lipinski definition) is 2. The Morgan fingerprint density at radius 2 is 1.95 bits per heavy atom. The Hall–Kier alpha value is -1.23. The number of ether oxygens (including phenoxy) is 1. The molecule has 1 saturated heterocycles. The molecule has 0 radical (unpaired) electrons. The zero-order chi connectivity index (χ0) is 13.8. The summed E-state index contributed by atoms with van der Waals surface area (Å²) in [7, 11) is 0. The van der Waals surface area contributed by atoms with Gasteiger partial charge in [-0.3, -0.25) is 4.79 Å². The van der Waals surface area contributed by atoms with Crippen molar-refractivity contribution in [3.63, 3.8) is 0 Å². The van der Waals surface area contributed by atoms with Crippen LogP contribution in [0, 0.1) is 5.92 Å². The maximum atomic E-state index is 12.5. The van der Waals surface area contributed by atoms with Crippen LogP contribution >= 0.6 is 0 Å². The predicted octanol–water partition coefficient (Wildman–Crippen LogP) is 1.46. The van der Waals surface area contributed by atoms with E-state index in [1.807, 2.05) is 13.8 Å². The van der Waals surface area contributed by atoms with E-state index in [0.717, 1.165) is 0 Å². The Bertz CT molecular complexity index is 523. The molecule has 3 rings (SSSR count). The largest absolute Gasteiger partial charge is 0.392 e. The number of carbonyl (C=O) groups is 1. The molecule has 0 aromatic heterocycles. The number of ketones is 1. The monoisotopic (exact) mass is 262 g/mol. The molecule has 0 saturated carbocycles. The maximum absolute atomic E-state index is 12.5. The van der Waals surface area contributed by atoms with Crippen molar-refractivity contribution in [3.05, 3.63) is 35.4 Å². The molecule has 19 heavy (non-hydrogen) atoms. The van der Waals surface area contributed by atoms with Gasteiger partial charge >= 0.3 is 0 Å². The lowest BCUT2D eigenvalue weighted by Gasteiger charge is -2.47. The molecule has 1 heterocycles. The Balaban J connectivity index is 2.08. The van der Waals surface area contributed by atoms with Crippen LogP contribution < -0.4 is 0 Å².